The van der Waals surface area contributed by atoms with Gasteiger partial charge in [0.05, 0.1) is 0 Å². The molecule has 2 N–H and O–H groups in total. The Bertz CT molecular complexity index is 1010. The smallest absolute Gasteiger partial charge is 0.254 e. The number of phenols is 1. The van der Waals surface area contributed by atoms with Crippen LogP contribution in [0.3, 0.4) is 0 Å². The predicted octanol–water partition coefficient (Wildman–Crippen LogP) is 4.29. The van der Waals surface area contributed by atoms with Crippen LogP contribution in [0, 0.1) is 5.41 Å². The van der Waals surface area contributed by atoms with Gasteiger partial charge in [-0.05, 0) is 66.1 Å². The SMILES string of the molecule is CCCNC(=O)c1ccc(C(=O)N2CC[C@@]3(C)c4cccc(O)c4C[C@@H]2C3(C)C)cc1. The van der Waals surface area contributed by atoms with Crippen molar-refractivity contribution in [1.82, 2.24) is 10.2 Å². The van der Waals surface area contributed by atoms with E-state index in [0.717, 1.165) is 18.4 Å². The predicted molar refractivity (Wildman–Crippen MR) is 121 cm³/mol. The highest BCUT2D eigenvalue weighted by Crippen LogP contribution is 2.57. The molecular weight excluding hydrogens is 388 g/mol. The van der Waals surface area contributed by atoms with E-state index in [2.05, 4.69) is 32.2 Å². The minimum atomic E-state index is -0.137. The topological polar surface area (TPSA) is 69.6 Å². The lowest BCUT2D eigenvalue weighted by molar-refractivity contribution is -0.0266. The zero-order valence-corrected chi connectivity index (χ0v) is 18.9. The van der Waals surface area contributed by atoms with Crippen LogP contribution in [0.15, 0.2) is 42.5 Å². The first kappa shape index (κ1) is 21.4. The monoisotopic (exact) mass is 420 g/mol. The average Bonchev–Trinajstić information content (AvgIpc) is 2.75. The van der Waals surface area contributed by atoms with Crippen molar-refractivity contribution in [2.75, 3.05) is 13.1 Å². The lowest BCUT2D eigenvalue weighted by atomic mass is 9.51. The highest BCUT2D eigenvalue weighted by Gasteiger charge is 2.57. The first-order valence-corrected chi connectivity index (χ1v) is 11.2. The molecule has 1 saturated heterocycles. The molecule has 2 aliphatic rings. The molecule has 0 radical (unpaired) electrons. The van der Waals surface area contributed by atoms with Gasteiger partial charge in [-0.1, -0.05) is 39.8 Å². The summed E-state index contributed by atoms with van der Waals surface area (Å²) in [6.45, 7) is 10.1. The molecule has 4 rings (SSSR count). The van der Waals surface area contributed by atoms with Gasteiger partial charge in [0.2, 0.25) is 0 Å². The summed E-state index contributed by atoms with van der Waals surface area (Å²) in [5.74, 6) is 0.190. The van der Waals surface area contributed by atoms with Gasteiger partial charge in [-0.25, -0.2) is 0 Å². The van der Waals surface area contributed by atoms with Gasteiger partial charge in [-0.3, -0.25) is 9.59 Å². The van der Waals surface area contributed by atoms with Gasteiger partial charge in [0.1, 0.15) is 5.75 Å². The first-order chi connectivity index (χ1) is 14.7. The Labute approximate surface area is 184 Å². The lowest BCUT2D eigenvalue weighted by Crippen LogP contribution is -2.64. The Balaban J connectivity index is 1.63. The van der Waals surface area contributed by atoms with Crippen LogP contribution in [0.25, 0.3) is 0 Å². The van der Waals surface area contributed by atoms with Gasteiger partial charge in [0, 0.05) is 35.7 Å². The van der Waals surface area contributed by atoms with Crippen LogP contribution in [0.4, 0.5) is 0 Å². The Morgan fingerprint density at radius 1 is 1.10 bits per heavy atom. The first-order valence-electron chi connectivity index (χ1n) is 11.2. The van der Waals surface area contributed by atoms with Crippen LogP contribution in [-0.4, -0.2) is 41.0 Å². The number of likely N-dealkylation sites (tertiary alicyclic amines) is 1. The summed E-state index contributed by atoms with van der Waals surface area (Å²) >= 11 is 0. The summed E-state index contributed by atoms with van der Waals surface area (Å²) in [5.41, 5.74) is 3.09. The molecule has 0 unspecified atom stereocenters. The normalized spacial score (nSPS) is 23.7. The molecule has 0 aromatic heterocycles. The maximum Gasteiger partial charge on any atom is 0.254 e. The molecule has 2 aromatic rings. The Hall–Kier alpha value is -2.82. The Kier molecular flexibility index (Phi) is 5.32. The van der Waals surface area contributed by atoms with Gasteiger partial charge in [-0.15, -0.1) is 0 Å². The number of carbonyl (C=O) groups is 2. The third kappa shape index (κ3) is 3.31. The number of benzene rings is 2. The standard InChI is InChI=1S/C26H32N2O3/c1-5-14-27-23(30)17-9-11-18(12-10-17)24(31)28-15-13-26(4)20-7-6-8-21(29)19(20)16-22(28)25(26,2)3/h6-12,22,29H,5,13-16H2,1-4H3,(H,27,30)/t22-,26+/m1/s1. The molecule has 2 amide bonds. The van der Waals surface area contributed by atoms with E-state index < -0.39 is 0 Å². The lowest BCUT2D eigenvalue weighted by Gasteiger charge is -2.60. The number of nitrogens with one attached hydrogen (secondary N) is 1. The molecule has 2 aromatic carbocycles. The van der Waals surface area contributed by atoms with Gasteiger partial charge >= 0.3 is 0 Å². The van der Waals surface area contributed by atoms with Gasteiger partial charge < -0.3 is 15.3 Å². The summed E-state index contributed by atoms with van der Waals surface area (Å²) in [6.07, 6.45) is 2.37. The van der Waals surface area contributed by atoms with Crippen LogP contribution >= 0.6 is 0 Å². The summed E-state index contributed by atoms with van der Waals surface area (Å²) in [7, 11) is 0. The molecule has 2 bridgehead atoms. The highest BCUT2D eigenvalue weighted by atomic mass is 16.3. The zero-order chi connectivity index (χ0) is 22.4. The van der Waals surface area contributed by atoms with Crippen molar-refractivity contribution >= 4 is 11.8 Å². The second kappa shape index (κ2) is 7.70. The number of carbonyl (C=O) groups excluding carboxylic acids is 2. The summed E-state index contributed by atoms with van der Waals surface area (Å²) in [4.78, 5) is 27.6. The van der Waals surface area contributed by atoms with Crippen LogP contribution < -0.4 is 5.32 Å². The van der Waals surface area contributed by atoms with Gasteiger partial charge in [-0.2, -0.15) is 0 Å². The maximum absolute atomic E-state index is 13.5. The third-order valence-electron chi connectivity index (χ3n) is 7.82. The number of hydrogen-bond acceptors (Lipinski definition) is 3. The van der Waals surface area contributed by atoms with Crippen LogP contribution in [0.2, 0.25) is 0 Å². The van der Waals surface area contributed by atoms with E-state index in [-0.39, 0.29) is 28.7 Å². The summed E-state index contributed by atoms with van der Waals surface area (Å²) in [5, 5.41) is 13.4. The maximum atomic E-state index is 13.5. The number of nitrogens with zero attached hydrogens (tertiary/aromatic N) is 1. The van der Waals surface area contributed by atoms with Crippen LogP contribution in [0.5, 0.6) is 5.75 Å². The highest BCUT2D eigenvalue weighted by molar-refractivity contribution is 5.98. The molecule has 1 fully saturated rings. The fourth-order valence-corrected chi connectivity index (χ4v) is 5.44. The molecule has 5 heteroatoms. The van der Waals surface area contributed by atoms with Crippen molar-refractivity contribution in [1.29, 1.82) is 0 Å². The summed E-state index contributed by atoms with van der Waals surface area (Å²) in [6, 6.07) is 12.7. The number of aromatic hydroxyl groups is 1. The van der Waals surface area contributed by atoms with Crippen molar-refractivity contribution in [3.63, 3.8) is 0 Å². The molecule has 31 heavy (non-hydrogen) atoms. The Morgan fingerprint density at radius 2 is 1.77 bits per heavy atom. The molecule has 1 aliphatic heterocycles. The van der Waals surface area contributed by atoms with E-state index in [1.54, 1.807) is 30.3 Å². The second-order valence-corrected chi connectivity index (χ2v) is 9.66. The number of phenolic OH excluding ortho intramolecular Hbond substituents is 1. The van der Waals surface area contributed by atoms with E-state index in [1.165, 1.54) is 5.56 Å². The molecule has 1 aliphatic carbocycles. The van der Waals surface area contributed by atoms with Crippen LogP contribution in [0.1, 0.15) is 72.4 Å². The van der Waals surface area contributed by atoms with Crippen molar-refractivity contribution in [3.05, 3.63) is 64.7 Å². The van der Waals surface area contributed by atoms with E-state index in [9.17, 15) is 14.7 Å². The average molecular weight is 421 g/mol. The molecule has 164 valence electrons. The minimum absolute atomic E-state index is 0.00733. The molecular formula is C26H32N2O3. The molecule has 2 atom stereocenters. The number of hydrogen-bond donors (Lipinski definition) is 2. The third-order valence-corrected chi connectivity index (χ3v) is 7.82. The fourth-order valence-electron chi connectivity index (χ4n) is 5.44. The quantitative estimate of drug-likeness (QED) is 0.775. The van der Waals surface area contributed by atoms with Gasteiger partial charge in [0.15, 0.2) is 0 Å². The van der Waals surface area contributed by atoms with E-state index in [4.69, 9.17) is 0 Å². The fraction of sp³-hybridized carbons (Fsp3) is 0.462. The van der Waals surface area contributed by atoms with E-state index in [0.29, 0.717) is 36.4 Å². The number of amides is 2. The van der Waals surface area contributed by atoms with Crippen molar-refractivity contribution in [3.8, 4) is 5.75 Å². The van der Waals surface area contributed by atoms with Crippen molar-refractivity contribution in [2.24, 2.45) is 5.41 Å². The minimum Gasteiger partial charge on any atom is -0.508 e. The van der Waals surface area contributed by atoms with Crippen LogP contribution in [-0.2, 0) is 11.8 Å². The van der Waals surface area contributed by atoms with Crippen molar-refractivity contribution in [2.45, 2.75) is 58.4 Å². The molecule has 0 spiro atoms. The number of fused-ring (bicyclic) bond motifs is 4. The molecule has 0 saturated carbocycles. The second-order valence-electron chi connectivity index (χ2n) is 9.66. The summed E-state index contributed by atoms with van der Waals surface area (Å²) < 4.78 is 0. The van der Waals surface area contributed by atoms with Crippen molar-refractivity contribution < 1.29 is 14.7 Å². The number of rotatable bonds is 4. The largest absolute Gasteiger partial charge is 0.508 e. The van der Waals surface area contributed by atoms with E-state index in [1.807, 2.05) is 17.9 Å². The number of piperidine rings is 1. The van der Waals surface area contributed by atoms with E-state index >= 15 is 0 Å². The molecule has 5 nitrogen and oxygen atoms in total. The zero-order valence-electron chi connectivity index (χ0n) is 18.9. The molecule has 1 heterocycles. The van der Waals surface area contributed by atoms with Gasteiger partial charge in [0.25, 0.3) is 11.8 Å². The Morgan fingerprint density at radius 3 is 2.45 bits per heavy atom.